The SMILES string of the molecule is COc1ccc(C=C2SC(=S)N(CCc3ccc(C(=O)O)cc3)C2=O)cc1-c1ccc2[nH]c(=O)ccc2c1. The smallest absolute Gasteiger partial charge is 0.335 e. The van der Waals surface area contributed by atoms with Gasteiger partial charge >= 0.3 is 5.97 Å². The Labute approximate surface area is 227 Å². The van der Waals surface area contributed by atoms with Crippen LogP contribution >= 0.6 is 24.0 Å². The lowest BCUT2D eigenvalue weighted by molar-refractivity contribution is -0.122. The lowest BCUT2D eigenvalue weighted by atomic mass is 10.00. The largest absolute Gasteiger partial charge is 0.496 e. The number of carboxylic acid groups (broad SMARTS) is 1. The number of hydrogen-bond acceptors (Lipinski definition) is 6. The number of fused-ring (bicyclic) bond motifs is 1. The van der Waals surface area contributed by atoms with Gasteiger partial charge in [-0.1, -0.05) is 48.2 Å². The second-order valence-electron chi connectivity index (χ2n) is 8.67. The van der Waals surface area contributed by atoms with E-state index >= 15 is 0 Å². The molecule has 0 spiro atoms. The number of carbonyl (C=O) groups excluding carboxylic acids is 1. The van der Waals surface area contributed by atoms with Gasteiger partial charge in [-0.15, -0.1) is 0 Å². The molecule has 0 aliphatic carbocycles. The molecule has 1 aromatic heterocycles. The predicted molar refractivity (Wildman–Crippen MR) is 154 cm³/mol. The first-order valence-electron chi connectivity index (χ1n) is 11.7. The summed E-state index contributed by atoms with van der Waals surface area (Å²) in [4.78, 5) is 40.8. The minimum Gasteiger partial charge on any atom is -0.496 e. The van der Waals surface area contributed by atoms with Crippen LogP contribution in [0.15, 0.2) is 82.5 Å². The average molecular weight is 543 g/mol. The molecule has 2 N–H and O–H groups in total. The van der Waals surface area contributed by atoms with Gasteiger partial charge in [-0.25, -0.2) is 4.79 Å². The van der Waals surface area contributed by atoms with E-state index in [9.17, 15) is 14.4 Å². The number of thiocarbonyl (C=S) groups is 1. The molecule has 2 heterocycles. The van der Waals surface area contributed by atoms with Crippen molar-refractivity contribution in [2.45, 2.75) is 6.42 Å². The standard InChI is InChI=1S/C29H22N2O5S2/c1-36-24-10-4-18(14-22(24)20-7-9-23-21(16-20)8-11-26(32)30-23)15-25-27(33)31(29(37)38-25)13-12-17-2-5-19(6-3-17)28(34)35/h2-11,14-16H,12-13H2,1H3,(H,30,32)(H,34,35). The normalized spacial score (nSPS) is 14.4. The first-order chi connectivity index (χ1) is 18.3. The number of H-pyrrole nitrogens is 1. The highest BCUT2D eigenvalue weighted by molar-refractivity contribution is 8.26. The lowest BCUT2D eigenvalue weighted by Gasteiger charge is -2.14. The monoisotopic (exact) mass is 542 g/mol. The van der Waals surface area contributed by atoms with Gasteiger partial charge in [0, 0.05) is 23.7 Å². The fourth-order valence-corrected chi connectivity index (χ4v) is 5.57. The van der Waals surface area contributed by atoms with Gasteiger partial charge < -0.3 is 14.8 Å². The number of nitrogens with one attached hydrogen (secondary N) is 1. The van der Waals surface area contributed by atoms with Crippen molar-refractivity contribution in [1.29, 1.82) is 0 Å². The number of amides is 1. The van der Waals surface area contributed by atoms with Crippen LogP contribution in [0, 0.1) is 0 Å². The van der Waals surface area contributed by atoms with Crippen molar-refractivity contribution in [2.75, 3.05) is 13.7 Å². The Kier molecular flexibility index (Phi) is 7.13. The van der Waals surface area contributed by atoms with E-state index in [4.69, 9.17) is 22.1 Å². The molecule has 7 nitrogen and oxygen atoms in total. The topological polar surface area (TPSA) is 99.7 Å². The molecule has 1 aliphatic rings. The Morgan fingerprint density at radius 1 is 1.05 bits per heavy atom. The number of carboxylic acids is 1. The number of hydrogen-bond donors (Lipinski definition) is 2. The molecule has 5 rings (SSSR count). The van der Waals surface area contributed by atoms with Crippen molar-refractivity contribution in [1.82, 2.24) is 9.88 Å². The summed E-state index contributed by atoms with van der Waals surface area (Å²) in [6, 6.07) is 21.3. The number of aromatic carboxylic acids is 1. The molecular formula is C29H22N2O5S2. The average Bonchev–Trinajstić information content (AvgIpc) is 3.18. The van der Waals surface area contributed by atoms with Crippen LogP contribution in [0.1, 0.15) is 21.5 Å². The second kappa shape index (κ2) is 10.6. The molecule has 190 valence electrons. The summed E-state index contributed by atoms with van der Waals surface area (Å²) in [7, 11) is 1.61. The summed E-state index contributed by atoms with van der Waals surface area (Å²) in [6.07, 6.45) is 2.38. The zero-order valence-electron chi connectivity index (χ0n) is 20.3. The number of pyridine rings is 1. The third kappa shape index (κ3) is 5.25. The number of ether oxygens (including phenoxy) is 1. The summed E-state index contributed by atoms with van der Waals surface area (Å²) >= 11 is 6.74. The van der Waals surface area contributed by atoms with Crippen molar-refractivity contribution in [3.63, 3.8) is 0 Å². The van der Waals surface area contributed by atoms with E-state index in [2.05, 4.69) is 4.98 Å². The number of methoxy groups -OCH3 is 1. The molecule has 1 amide bonds. The number of rotatable bonds is 7. The molecule has 0 radical (unpaired) electrons. The van der Waals surface area contributed by atoms with Crippen LogP contribution in [-0.4, -0.2) is 44.8 Å². The van der Waals surface area contributed by atoms with E-state index in [-0.39, 0.29) is 17.0 Å². The quantitative estimate of drug-likeness (QED) is 0.240. The Morgan fingerprint density at radius 3 is 2.58 bits per heavy atom. The van der Waals surface area contributed by atoms with Crippen LogP contribution in [0.3, 0.4) is 0 Å². The number of aromatic amines is 1. The van der Waals surface area contributed by atoms with E-state index in [1.807, 2.05) is 42.5 Å². The van der Waals surface area contributed by atoms with Crippen LogP contribution in [0.2, 0.25) is 0 Å². The number of benzene rings is 3. The second-order valence-corrected chi connectivity index (χ2v) is 10.3. The number of thioether (sulfide) groups is 1. The van der Waals surface area contributed by atoms with Crippen molar-refractivity contribution < 1.29 is 19.4 Å². The summed E-state index contributed by atoms with van der Waals surface area (Å²) in [5.41, 5.74) is 4.34. The molecule has 0 bridgehead atoms. The minimum atomic E-state index is -0.975. The number of carbonyl (C=O) groups is 2. The third-order valence-electron chi connectivity index (χ3n) is 6.25. The van der Waals surface area contributed by atoms with Crippen LogP contribution in [-0.2, 0) is 11.2 Å². The highest BCUT2D eigenvalue weighted by atomic mass is 32.2. The van der Waals surface area contributed by atoms with E-state index < -0.39 is 5.97 Å². The van der Waals surface area contributed by atoms with Gasteiger partial charge in [-0.3, -0.25) is 14.5 Å². The van der Waals surface area contributed by atoms with E-state index in [1.165, 1.54) is 17.8 Å². The Hall–Kier alpha value is -4.21. The minimum absolute atomic E-state index is 0.154. The zero-order chi connectivity index (χ0) is 26.8. The number of nitrogens with zero attached hydrogens (tertiary/aromatic N) is 1. The third-order valence-corrected chi connectivity index (χ3v) is 7.63. The molecule has 38 heavy (non-hydrogen) atoms. The highest BCUT2D eigenvalue weighted by Gasteiger charge is 2.31. The Balaban J connectivity index is 1.37. The molecule has 3 aromatic carbocycles. The maximum absolute atomic E-state index is 13.2. The van der Waals surface area contributed by atoms with Crippen molar-refractivity contribution in [2.24, 2.45) is 0 Å². The maximum atomic E-state index is 13.2. The van der Waals surface area contributed by atoms with E-state index in [0.717, 1.165) is 33.2 Å². The van der Waals surface area contributed by atoms with Crippen LogP contribution in [0.4, 0.5) is 0 Å². The Bertz CT molecular complexity index is 1670. The van der Waals surface area contributed by atoms with Gasteiger partial charge in [-0.05, 0) is 77.0 Å². The molecule has 4 aromatic rings. The van der Waals surface area contributed by atoms with Crippen molar-refractivity contribution in [3.05, 3.63) is 105 Å². The van der Waals surface area contributed by atoms with Gasteiger partial charge in [0.15, 0.2) is 0 Å². The molecule has 1 saturated heterocycles. The fourth-order valence-electron chi connectivity index (χ4n) is 4.26. The first kappa shape index (κ1) is 25.4. The number of aromatic nitrogens is 1. The molecule has 0 unspecified atom stereocenters. The lowest BCUT2D eigenvalue weighted by Crippen LogP contribution is -2.30. The molecule has 9 heteroatoms. The van der Waals surface area contributed by atoms with E-state index in [0.29, 0.717) is 27.9 Å². The van der Waals surface area contributed by atoms with Gasteiger partial charge in [0.1, 0.15) is 10.1 Å². The maximum Gasteiger partial charge on any atom is 0.335 e. The summed E-state index contributed by atoms with van der Waals surface area (Å²) in [6.45, 7) is 0.404. The summed E-state index contributed by atoms with van der Waals surface area (Å²) in [5.74, 6) is -0.446. The van der Waals surface area contributed by atoms with Crippen LogP contribution in [0.25, 0.3) is 28.1 Å². The first-order valence-corrected chi connectivity index (χ1v) is 12.9. The molecule has 0 atom stereocenters. The zero-order valence-corrected chi connectivity index (χ0v) is 21.9. The van der Waals surface area contributed by atoms with Crippen molar-refractivity contribution in [3.8, 4) is 16.9 Å². The molecular weight excluding hydrogens is 520 g/mol. The van der Waals surface area contributed by atoms with Crippen LogP contribution < -0.4 is 10.3 Å². The summed E-state index contributed by atoms with van der Waals surface area (Å²) in [5, 5.41) is 9.96. The fraction of sp³-hybridized carbons (Fsp3) is 0.103. The van der Waals surface area contributed by atoms with Crippen LogP contribution in [0.5, 0.6) is 5.75 Å². The Morgan fingerprint density at radius 2 is 1.84 bits per heavy atom. The molecule has 0 saturated carbocycles. The van der Waals surface area contributed by atoms with Crippen molar-refractivity contribution >= 4 is 57.2 Å². The highest BCUT2D eigenvalue weighted by Crippen LogP contribution is 2.36. The van der Waals surface area contributed by atoms with E-state index in [1.54, 1.807) is 42.3 Å². The predicted octanol–water partition coefficient (Wildman–Crippen LogP) is 5.35. The summed E-state index contributed by atoms with van der Waals surface area (Å²) < 4.78 is 6.08. The molecule has 1 aliphatic heterocycles. The van der Waals surface area contributed by atoms with Gasteiger partial charge in [0.25, 0.3) is 5.91 Å². The van der Waals surface area contributed by atoms with Gasteiger partial charge in [0.2, 0.25) is 5.56 Å². The van der Waals surface area contributed by atoms with Gasteiger partial charge in [0.05, 0.1) is 17.6 Å². The van der Waals surface area contributed by atoms with Gasteiger partial charge in [-0.2, -0.15) is 0 Å². The molecule has 1 fully saturated rings.